The standard InChI is InChI=1S/C23H18Cl3N3O3/c1-10-8-11(24)9-12-19(10)27-22(32)23(12)17-16(14-6-3-7-28(14)23)20(30)29(21(17)31)15-5-2-4-13(25)18(15)26/h2,4-5,8-9,14,16-17H,3,6-7H2,1H3,(H,27,32)/t14-,16+,17+,23+/m1/s1. The van der Waals surface area contributed by atoms with Crippen molar-refractivity contribution in [1.82, 2.24) is 4.90 Å². The van der Waals surface area contributed by atoms with E-state index in [9.17, 15) is 14.4 Å². The van der Waals surface area contributed by atoms with Gasteiger partial charge in [0.05, 0.1) is 27.6 Å². The van der Waals surface area contributed by atoms with E-state index < -0.39 is 23.3 Å². The lowest BCUT2D eigenvalue weighted by Crippen LogP contribution is -2.54. The van der Waals surface area contributed by atoms with Crippen LogP contribution in [-0.4, -0.2) is 35.2 Å². The highest BCUT2D eigenvalue weighted by molar-refractivity contribution is 6.45. The van der Waals surface area contributed by atoms with E-state index in [1.807, 2.05) is 6.92 Å². The second-order valence-electron chi connectivity index (χ2n) is 8.86. The van der Waals surface area contributed by atoms with Crippen LogP contribution in [0.2, 0.25) is 15.1 Å². The second-order valence-corrected chi connectivity index (χ2v) is 10.1. The zero-order valence-electron chi connectivity index (χ0n) is 17.0. The largest absolute Gasteiger partial charge is 0.324 e. The molecule has 9 heteroatoms. The van der Waals surface area contributed by atoms with Crippen LogP contribution in [0.1, 0.15) is 24.0 Å². The minimum absolute atomic E-state index is 0.142. The summed E-state index contributed by atoms with van der Waals surface area (Å²) in [7, 11) is 0. The highest BCUT2D eigenvalue weighted by Gasteiger charge is 2.74. The van der Waals surface area contributed by atoms with Crippen LogP contribution < -0.4 is 10.2 Å². The summed E-state index contributed by atoms with van der Waals surface area (Å²) in [6.45, 7) is 2.51. The van der Waals surface area contributed by atoms with Gasteiger partial charge in [0.2, 0.25) is 17.7 Å². The molecular formula is C23H18Cl3N3O3. The monoisotopic (exact) mass is 489 g/mol. The highest BCUT2D eigenvalue weighted by Crippen LogP contribution is 2.61. The molecule has 4 heterocycles. The third-order valence-corrected chi connectivity index (χ3v) is 8.46. The van der Waals surface area contributed by atoms with Crippen LogP contribution in [0.25, 0.3) is 0 Å². The fourth-order valence-corrected chi connectivity index (χ4v) is 6.99. The minimum atomic E-state index is -1.27. The number of imide groups is 1. The van der Waals surface area contributed by atoms with Gasteiger partial charge >= 0.3 is 0 Å². The van der Waals surface area contributed by atoms with E-state index in [4.69, 9.17) is 34.8 Å². The summed E-state index contributed by atoms with van der Waals surface area (Å²) < 4.78 is 0. The molecule has 6 rings (SSSR count). The number of nitrogens with zero attached hydrogens (tertiary/aromatic N) is 2. The van der Waals surface area contributed by atoms with Gasteiger partial charge in [0.1, 0.15) is 5.54 Å². The molecule has 0 aliphatic carbocycles. The summed E-state index contributed by atoms with van der Waals surface area (Å²) in [5, 5.41) is 3.88. The Morgan fingerprint density at radius 1 is 1.09 bits per heavy atom. The van der Waals surface area contributed by atoms with E-state index in [0.717, 1.165) is 23.3 Å². The van der Waals surface area contributed by atoms with E-state index in [2.05, 4.69) is 10.2 Å². The number of benzene rings is 2. The van der Waals surface area contributed by atoms with E-state index in [1.54, 1.807) is 30.3 Å². The third kappa shape index (κ3) is 2.29. The second kappa shape index (κ2) is 6.70. The maximum Gasteiger partial charge on any atom is 0.250 e. The van der Waals surface area contributed by atoms with Crippen molar-refractivity contribution in [3.05, 3.63) is 56.5 Å². The zero-order valence-corrected chi connectivity index (χ0v) is 19.3. The number of hydrogen-bond acceptors (Lipinski definition) is 4. The SMILES string of the molecule is Cc1cc(Cl)cc2c1NC(=O)[C@@]21[C@@H]2C(=O)N(c3cccc(Cl)c3Cl)C(=O)[C@H]2[C@H]2CCCN21. The van der Waals surface area contributed by atoms with Crippen LogP contribution in [-0.2, 0) is 19.9 Å². The summed E-state index contributed by atoms with van der Waals surface area (Å²) in [6.07, 6.45) is 1.58. The molecule has 1 N–H and O–H groups in total. The van der Waals surface area contributed by atoms with Gasteiger partial charge in [-0.2, -0.15) is 0 Å². The number of nitrogens with one attached hydrogen (secondary N) is 1. The molecule has 0 saturated carbocycles. The molecule has 32 heavy (non-hydrogen) atoms. The van der Waals surface area contributed by atoms with Crippen molar-refractivity contribution in [3.63, 3.8) is 0 Å². The van der Waals surface area contributed by atoms with Gasteiger partial charge < -0.3 is 5.32 Å². The van der Waals surface area contributed by atoms with Crippen LogP contribution in [0.3, 0.4) is 0 Å². The van der Waals surface area contributed by atoms with E-state index >= 15 is 0 Å². The smallest absolute Gasteiger partial charge is 0.250 e. The molecule has 6 nitrogen and oxygen atoms in total. The molecule has 0 unspecified atom stereocenters. The molecule has 1 spiro atoms. The Morgan fingerprint density at radius 2 is 1.88 bits per heavy atom. The number of carbonyl (C=O) groups is 3. The first-order valence-corrected chi connectivity index (χ1v) is 11.6. The maximum atomic E-state index is 13.9. The van der Waals surface area contributed by atoms with Gasteiger partial charge in [0.25, 0.3) is 0 Å². The van der Waals surface area contributed by atoms with Crippen LogP contribution in [0.15, 0.2) is 30.3 Å². The van der Waals surface area contributed by atoms with Gasteiger partial charge in [0, 0.05) is 22.3 Å². The number of anilines is 2. The van der Waals surface area contributed by atoms with Crippen molar-refractivity contribution in [3.8, 4) is 0 Å². The Morgan fingerprint density at radius 3 is 2.66 bits per heavy atom. The van der Waals surface area contributed by atoms with Crippen molar-refractivity contribution < 1.29 is 14.4 Å². The van der Waals surface area contributed by atoms with Gasteiger partial charge in [-0.3, -0.25) is 19.3 Å². The lowest BCUT2D eigenvalue weighted by molar-refractivity contribution is -0.135. The number of hydrogen-bond donors (Lipinski definition) is 1. The van der Waals surface area contributed by atoms with Gasteiger partial charge in [-0.05, 0) is 56.1 Å². The fraction of sp³-hybridized carbons (Fsp3) is 0.348. The Hall–Kier alpha value is -2.12. The molecule has 4 atom stereocenters. The molecular weight excluding hydrogens is 473 g/mol. The van der Waals surface area contributed by atoms with Gasteiger partial charge in [-0.15, -0.1) is 0 Å². The van der Waals surface area contributed by atoms with Crippen molar-refractivity contribution in [2.75, 3.05) is 16.8 Å². The van der Waals surface area contributed by atoms with Gasteiger partial charge in [0.15, 0.2) is 0 Å². The molecule has 0 radical (unpaired) electrons. The van der Waals surface area contributed by atoms with Crippen molar-refractivity contribution in [1.29, 1.82) is 0 Å². The zero-order chi connectivity index (χ0) is 22.5. The quantitative estimate of drug-likeness (QED) is 0.602. The Kier molecular flexibility index (Phi) is 4.29. The van der Waals surface area contributed by atoms with Crippen LogP contribution >= 0.6 is 34.8 Å². The predicted octanol–water partition coefficient (Wildman–Crippen LogP) is 4.39. The summed E-state index contributed by atoms with van der Waals surface area (Å²) >= 11 is 19.0. The summed E-state index contributed by atoms with van der Waals surface area (Å²) in [5.74, 6) is -2.56. The molecule has 3 saturated heterocycles. The molecule has 3 amide bonds. The molecule has 0 bridgehead atoms. The molecule has 2 aromatic rings. The molecule has 2 aromatic carbocycles. The molecule has 164 valence electrons. The average molecular weight is 491 g/mol. The molecule has 3 fully saturated rings. The van der Waals surface area contributed by atoms with Crippen molar-refractivity contribution >= 4 is 63.9 Å². The number of amides is 3. The number of rotatable bonds is 1. The number of fused-ring (bicyclic) bond motifs is 7. The highest BCUT2D eigenvalue weighted by atomic mass is 35.5. The molecule has 0 aromatic heterocycles. The first-order chi connectivity index (χ1) is 15.3. The van der Waals surface area contributed by atoms with Gasteiger partial charge in [-0.1, -0.05) is 40.9 Å². The Labute approximate surface area is 199 Å². The topological polar surface area (TPSA) is 69.7 Å². The fourth-order valence-electron chi connectivity index (χ4n) is 6.34. The number of aryl methyl sites for hydroxylation is 1. The summed E-state index contributed by atoms with van der Waals surface area (Å²) in [4.78, 5) is 44.5. The Bertz CT molecular complexity index is 1250. The van der Waals surface area contributed by atoms with Crippen LogP contribution in [0.4, 0.5) is 11.4 Å². The summed E-state index contributed by atoms with van der Waals surface area (Å²) in [6, 6.07) is 8.19. The first kappa shape index (κ1) is 20.5. The lowest BCUT2D eigenvalue weighted by Gasteiger charge is -2.36. The minimum Gasteiger partial charge on any atom is -0.324 e. The van der Waals surface area contributed by atoms with Crippen LogP contribution in [0, 0.1) is 18.8 Å². The van der Waals surface area contributed by atoms with Gasteiger partial charge in [-0.25, -0.2) is 4.90 Å². The van der Waals surface area contributed by atoms with E-state index in [-0.39, 0.29) is 33.6 Å². The predicted molar refractivity (Wildman–Crippen MR) is 122 cm³/mol. The van der Waals surface area contributed by atoms with E-state index in [1.165, 1.54) is 0 Å². The number of halogens is 3. The summed E-state index contributed by atoms with van der Waals surface area (Å²) in [5.41, 5.74) is 1.15. The molecule has 4 aliphatic rings. The van der Waals surface area contributed by atoms with Crippen LogP contribution in [0.5, 0.6) is 0 Å². The molecule has 4 aliphatic heterocycles. The Balaban J connectivity index is 1.59. The average Bonchev–Trinajstić information content (AvgIpc) is 3.44. The van der Waals surface area contributed by atoms with Crippen molar-refractivity contribution in [2.45, 2.75) is 31.3 Å². The van der Waals surface area contributed by atoms with Crippen molar-refractivity contribution in [2.24, 2.45) is 11.8 Å². The third-order valence-electron chi connectivity index (χ3n) is 7.44. The number of carbonyl (C=O) groups excluding carboxylic acids is 3. The first-order valence-electron chi connectivity index (χ1n) is 10.5. The maximum absolute atomic E-state index is 13.9. The lowest BCUT2D eigenvalue weighted by atomic mass is 9.75. The van der Waals surface area contributed by atoms with E-state index in [0.29, 0.717) is 22.8 Å². The normalized spacial score (nSPS) is 30.8.